The van der Waals surface area contributed by atoms with E-state index in [0.717, 1.165) is 31.3 Å². The van der Waals surface area contributed by atoms with Crippen LogP contribution in [0.1, 0.15) is 6.92 Å². The highest BCUT2D eigenvalue weighted by Crippen LogP contribution is 2.28. The summed E-state index contributed by atoms with van der Waals surface area (Å²) in [7, 11) is 0. The number of aliphatic hydroxyl groups is 1. The zero-order chi connectivity index (χ0) is 14.8. The monoisotopic (exact) mass is 339 g/mol. The molecule has 0 radical (unpaired) electrons. The second-order valence-corrected chi connectivity index (χ2v) is 7.49. The van der Waals surface area contributed by atoms with Crippen molar-refractivity contribution in [2.45, 2.75) is 11.3 Å². The Hall–Kier alpha value is -1.08. The summed E-state index contributed by atoms with van der Waals surface area (Å²) in [6.45, 7) is 2.22. The molecule has 2 aromatic heterocycles. The number of fused-ring (bicyclic) bond motifs is 1. The first kappa shape index (κ1) is 14.8. The number of hydrogen-bond donors (Lipinski definition) is 1. The maximum Gasteiger partial charge on any atom is 0.213 e. The minimum atomic E-state index is 0.205. The number of halogens is 1. The Balaban J connectivity index is 1.79. The van der Waals surface area contributed by atoms with E-state index in [-0.39, 0.29) is 12.5 Å². The highest BCUT2D eigenvalue weighted by Gasteiger charge is 2.11. The van der Waals surface area contributed by atoms with E-state index in [9.17, 15) is 0 Å². The summed E-state index contributed by atoms with van der Waals surface area (Å²) in [4.78, 5) is 5.47. The predicted molar refractivity (Wildman–Crippen MR) is 88.3 cm³/mol. The Morgan fingerprint density at radius 3 is 2.81 bits per heavy atom. The number of imidazole rings is 1. The van der Waals surface area contributed by atoms with E-state index in [1.165, 1.54) is 0 Å². The maximum atomic E-state index is 9.04. The van der Waals surface area contributed by atoms with Crippen molar-refractivity contribution in [3.63, 3.8) is 0 Å². The van der Waals surface area contributed by atoms with Crippen molar-refractivity contribution in [1.82, 2.24) is 14.6 Å². The molecule has 1 N–H and O–H groups in total. The SMILES string of the molecule is CC(CO)CSc1nn2cc(-c3ccc(Cl)cc3)nc2s1. The zero-order valence-electron chi connectivity index (χ0n) is 11.4. The molecule has 4 nitrogen and oxygen atoms in total. The Bertz CT molecular complexity index is 707. The van der Waals surface area contributed by atoms with Crippen molar-refractivity contribution < 1.29 is 5.11 Å². The van der Waals surface area contributed by atoms with E-state index in [4.69, 9.17) is 16.7 Å². The Morgan fingerprint density at radius 1 is 1.38 bits per heavy atom. The molecule has 0 saturated carbocycles. The second kappa shape index (κ2) is 6.36. The van der Waals surface area contributed by atoms with Gasteiger partial charge in [0.1, 0.15) is 0 Å². The molecule has 0 spiro atoms. The van der Waals surface area contributed by atoms with Crippen LogP contribution in [-0.2, 0) is 0 Å². The molecule has 1 unspecified atom stereocenters. The summed E-state index contributed by atoms with van der Waals surface area (Å²) in [6, 6.07) is 7.62. The van der Waals surface area contributed by atoms with Crippen molar-refractivity contribution in [3.05, 3.63) is 35.5 Å². The van der Waals surface area contributed by atoms with Crippen LogP contribution >= 0.6 is 34.7 Å². The first-order valence-electron chi connectivity index (χ1n) is 6.51. The number of rotatable bonds is 5. The summed E-state index contributed by atoms with van der Waals surface area (Å²) in [5.41, 5.74) is 1.92. The molecule has 3 aromatic rings. The quantitative estimate of drug-likeness (QED) is 0.718. The van der Waals surface area contributed by atoms with Gasteiger partial charge in [-0.3, -0.25) is 0 Å². The molecule has 110 valence electrons. The lowest BCUT2D eigenvalue weighted by Crippen LogP contribution is -2.02. The molecule has 3 rings (SSSR count). The van der Waals surface area contributed by atoms with E-state index >= 15 is 0 Å². The highest BCUT2D eigenvalue weighted by atomic mass is 35.5. The summed E-state index contributed by atoms with van der Waals surface area (Å²) in [6.07, 6.45) is 1.93. The standard InChI is InChI=1S/C14H14ClN3OS2/c1-9(7-19)8-20-14-17-18-6-12(16-13(18)21-14)10-2-4-11(15)5-3-10/h2-6,9,19H,7-8H2,1H3. The van der Waals surface area contributed by atoms with Crippen molar-refractivity contribution in [1.29, 1.82) is 0 Å². The third-order valence-electron chi connectivity index (χ3n) is 2.97. The van der Waals surface area contributed by atoms with Crippen LogP contribution in [-0.4, -0.2) is 32.1 Å². The van der Waals surface area contributed by atoms with Crippen LogP contribution in [0.15, 0.2) is 34.8 Å². The average Bonchev–Trinajstić information content (AvgIpc) is 3.03. The molecular weight excluding hydrogens is 326 g/mol. The minimum Gasteiger partial charge on any atom is -0.396 e. The van der Waals surface area contributed by atoms with Gasteiger partial charge in [-0.1, -0.05) is 53.8 Å². The van der Waals surface area contributed by atoms with E-state index < -0.39 is 0 Å². The molecule has 1 atom stereocenters. The van der Waals surface area contributed by atoms with E-state index in [1.807, 2.05) is 37.4 Å². The third-order valence-corrected chi connectivity index (χ3v) is 5.60. The van der Waals surface area contributed by atoms with Gasteiger partial charge in [-0.2, -0.15) is 0 Å². The van der Waals surface area contributed by atoms with E-state index in [2.05, 4.69) is 10.1 Å². The lowest BCUT2D eigenvalue weighted by atomic mass is 10.2. The topological polar surface area (TPSA) is 50.4 Å². The summed E-state index contributed by atoms with van der Waals surface area (Å²) in [5, 5.41) is 14.3. The lowest BCUT2D eigenvalue weighted by Gasteiger charge is -2.03. The van der Waals surface area contributed by atoms with Gasteiger partial charge in [0.05, 0.1) is 11.9 Å². The highest BCUT2D eigenvalue weighted by molar-refractivity contribution is 8.01. The molecule has 0 saturated heterocycles. The van der Waals surface area contributed by atoms with Crippen molar-refractivity contribution in [3.8, 4) is 11.3 Å². The fraction of sp³-hybridized carbons (Fsp3) is 0.286. The van der Waals surface area contributed by atoms with Crippen LogP contribution in [0.4, 0.5) is 0 Å². The Morgan fingerprint density at radius 2 is 2.14 bits per heavy atom. The van der Waals surface area contributed by atoms with E-state index in [1.54, 1.807) is 27.6 Å². The number of aliphatic hydroxyl groups excluding tert-OH is 1. The fourth-order valence-corrected chi connectivity index (χ4v) is 3.85. The normalized spacial score (nSPS) is 12.9. The molecule has 0 fully saturated rings. The number of benzene rings is 1. The van der Waals surface area contributed by atoms with Crippen LogP contribution < -0.4 is 0 Å². The molecule has 0 aliphatic heterocycles. The smallest absolute Gasteiger partial charge is 0.213 e. The minimum absolute atomic E-state index is 0.205. The van der Waals surface area contributed by atoms with Crippen molar-refractivity contribution in [2.24, 2.45) is 5.92 Å². The van der Waals surface area contributed by atoms with Crippen LogP contribution in [0, 0.1) is 5.92 Å². The Labute approximate surface area is 135 Å². The molecule has 0 amide bonds. The van der Waals surface area contributed by atoms with Crippen LogP contribution in [0.3, 0.4) is 0 Å². The van der Waals surface area contributed by atoms with Gasteiger partial charge in [0, 0.05) is 22.9 Å². The van der Waals surface area contributed by atoms with Gasteiger partial charge < -0.3 is 5.11 Å². The number of nitrogens with zero attached hydrogens (tertiary/aromatic N) is 3. The predicted octanol–water partition coefficient (Wildman–Crippen LogP) is 3.83. The average molecular weight is 340 g/mol. The molecule has 0 aliphatic carbocycles. The molecule has 7 heteroatoms. The number of aromatic nitrogens is 3. The third kappa shape index (κ3) is 3.40. The molecule has 0 bridgehead atoms. The van der Waals surface area contributed by atoms with Crippen LogP contribution in [0.2, 0.25) is 5.02 Å². The zero-order valence-corrected chi connectivity index (χ0v) is 13.8. The molecule has 21 heavy (non-hydrogen) atoms. The lowest BCUT2D eigenvalue weighted by molar-refractivity contribution is 0.250. The molecule has 0 aliphatic rings. The van der Waals surface area contributed by atoms with Gasteiger partial charge in [0.25, 0.3) is 0 Å². The van der Waals surface area contributed by atoms with Crippen LogP contribution in [0.5, 0.6) is 0 Å². The van der Waals surface area contributed by atoms with Crippen molar-refractivity contribution in [2.75, 3.05) is 12.4 Å². The van der Waals surface area contributed by atoms with Gasteiger partial charge in [-0.15, -0.1) is 5.10 Å². The van der Waals surface area contributed by atoms with E-state index in [0.29, 0.717) is 0 Å². The first-order chi connectivity index (χ1) is 10.2. The van der Waals surface area contributed by atoms with Gasteiger partial charge in [0.15, 0.2) is 4.34 Å². The second-order valence-electron chi connectivity index (χ2n) is 4.83. The fourth-order valence-electron chi connectivity index (χ4n) is 1.77. The van der Waals surface area contributed by atoms with Gasteiger partial charge >= 0.3 is 0 Å². The van der Waals surface area contributed by atoms with Crippen LogP contribution in [0.25, 0.3) is 16.2 Å². The summed E-state index contributed by atoms with van der Waals surface area (Å²) < 4.78 is 2.78. The first-order valence-corrected chi connectivity index (χ1v) is 8.69. The summed E-state index contributed by atoms with van der Waals surface area (Å²) >= 11 is 9.11. The van der Waals surface area contributed by atoms with Crippen molar-refractivity contribution >= 4 is 39.7 Å². The summed E-state index contributed by atoms with van der Waals surface area (Å²) in [5.74, 6) is 1.13. The number of hydrogen-bond acceptors (Lipinski definition) is 5. The molecule has 1 aromatic carbocycles. The number of thioether (sulfide) groups is 1. The van der Waals surface area contributed by atoms with Gasteiger partial charge in [-0.25, -0.2) is 9.50 Å². The van der Waals surface area contributed by atoms with Gasteiger partial charge in [-0.05, 0) is 18.1 Å². The largest absolute Gasteiger partial charge is 0.396 e. The Kier molecular flexibility index (Phi) is 4.49. The van der Waals surface area contributed by atoms with Gasteiger partial charge in [0.2, 0.25) is 4.96 Å². The molecular formula is C14H14ClN3OS2. The maximum absolute atomic E-state index is 9.04. The molecule has 2 heterocycles.